The number of rotatable bonds is 6. The summed E-state index contributed by atoms with van der Waals surface area (Å²) in [6, 6.07) is 27.3. The highest BCUT2D eigenvalue weighted by atomic mass is 19.4. The Morgan fingerprint density at radius 2 is 0.961 bits per heavy atom. The maximum atomic E-state index is 13.8. The molecule has 268 valence electrons. The number of ether oxygens (including phenoxy) is 2. The molecular formula is C40H39F6N3O2. The smallest absolute Gasteiger partial charge is 0.378 e. The minimum absolute atomic E-state index is 0.0580. The molecule has 4 aliphatic heterocycles. The summed E-state index contributed by atoms with van der Waals surface area (Å²) in [6.07, 6.45) is -7.51. The van der Waals surface area contributed by atoms with Gasteiger partial charge in [0.25, 0.3) is 0 Å². The predicted octanol–water partition coefficient (Wildman–Crippen LogP) is 10.0. The van der Waals surface area contributed by atoms with Crippen molar-refractivity contribution in [3.05, 3.63) is 130 Å². The van der Waals surface area contributed by atoms with Gasteiger partial charge in [0.1, 0.15) is 0 Å². The van der Waals surface area contributed by atoms with Crippen molar-refractivity contribution in [1.82, 2.24) is 5.32 Å². The molecule has 0 amide bonds. The first-order valence-corrected chi connectivity index (χ1v) is 17.6. The highest BCUT2D eigenvalue weighted by Gasteiger charge is 2.45. The Balaban J connectivity index is 0.974. The van der Waals surface area contributed by atoms with Crippen LogP contribution in [0.4, 0.5) is 37.7 Å². The van der Waals surface area contributed by atoms with Crippen LogP contribution in [0.2, 0.25) is 0 Å². The molecule has 3 N–H and O–H groups in total. The average Bonchev–Trinajstić information content (AvgIpc) is 3.13. The molecule has 51 heavy (non-hydrogen) atoms. The van der Waals surface area contributed by atoms with Crippen LogP contribution < -0.4 is 16.0 Å². The average molecular weight is 708 g/mol. The summed E-state index contributed by atoms with van der Waals surface area (Å²) in [6.45, 7) is 0.940. The van der Waals surface area contributed by atoms with Crippen LogP contribution in [0.5, 0.6) is 0 Å². The maximum Gasteiger partial charge on any atom is 0.416 e. The van der Waals surface area contributed by atoms with Crippen molar-refractivity contribution in [2.45, 2.75) is 74.5 Å². The Bertz CT molecular complexity index is 1700. The first kappa shape index (κ1) is 34.0. The van der Waals surface area contributed by atoms with Crippen LogP contribution in [0.3, 0.4) is 0 Å². The molecule has 0 aliphatic carbocycles. The number of anilines is 2. The summed E-state index contributed by atoms with van der Waals surface area (Å²) in [5.41, 5.74) is 3.03. The van der Waals surface area contributed by atoms with Gasteiger partial charge in [0.2, 0.25) is 0 Å². The third-order valence-electron chi connectivity index (χ3n) is 11.0. The summed E-state index contributed by atoms with van der Waals surface area (Å²) in [5.74, 6) is -0.116. The molecule has 0 radical (unpaired) electrons. The molecule has 4 aromatic rings. The van der Waals surface area contributed by atoms with Crippen LogP contribution in [0.15, 0.2) is 97.1 Å². The van der Waals surface area contributed by atoms with Crippen molar-refractivity contribution in [3.63, 3.8) is 0 Å². The van der Waals surface area contributed by atoms with Crippen LogP contribution in [-0.2, 0) is 21.8 Å². The van der Waals surface area contributed by atoms with Gasteiger partial charge in [0.05, 0.1) is 47.6 Å². The lowest BCUT2D eigenvalue weighted by molar-refractivity contribution is -0.138. The monoisotopic (exact) mass is 707 g/mol. The third kappa shape index (κ3) is 6.83. The number of benzene rings is 4. The number of fused-ring (bicyclic) bond motifs is 6. The zero-order valence-electron chi connectivity index (χ0n) is 27.7. The first-order valence-electron chi connectivity index (χ1n) is 17.6. The Hall–Kier alpha value is -4.06. The molecule has 11 heteroatoms. The van der Waals surface area contributed by atoms with Gasteiger partial charge in [-0.1, -0.05) is 60.7 Å². The Kier molecular flexibility index (Phi) is 9.00. The molecule has 0 saturated carbocycles. The molecule has 4 aromatic carbocycles. The number of hydrogen-bond acceptors (Lipinski definition) is 5. The summed E-state index contributed by atoms with van der Waals surface area (Å²) in [7, 11) is 0. The standard InChI is InChI=1S/C40H39F6N3O2/c41-39(42,43)25-11-17-33-31(19-25)37-29(35(48-33)23-7-3-1-4-8-23)15-13-27(50-37)21-47-22-28-14-16-30-36(24-9-5-2-6-10-24)49-34-18-12-26(40(44,45)46)20-32(34)38(30)51-28/h1-12,17-20,27-30,35-38,47-49H,13-16,21-22H2/t27-,28-,29-,30-,35+,36+,37-,38-/m0/s1. The van der Waals surface area contributed by atoms with Crippen molar-refractivity contribution < 1.29 is 35.8 Å². The lowest BCUT2D eigenvalue weighted by Crippen LogP contribution is -2.45. The molecule has 0 aromatic heterocycles. The van der Waals surface area contributed by atoms with Crippen molar-refractivity contribution in [3.8, 4) is 0 Å². The number of halogens is 6. The SMILES string of the molecule is FC(F)(F)c1ccc2c(c1)[C@H]1O[C@H](CNC[C@@H]3CC[C@H]4[C@@H](c5ccccc5)Nc5ccc(C(F)(F)F)cc5[C@H]4O3)CC[C@H]1[C@@H](c1ccccc1)N2. The van der Waals surface area contributed by atoms with Gasteiger partial charge in [-0.2, -0.15) is 26.3 Å². The quantitative estimate of drug-likeness (QED) is 0.174. The predicted molar refractivity (Wildman–Crippen MR) is 182 cm³/mol. The molecule has 0 spiro atoms. The van der Waals surface area contributed by atoms with Crippen LogP contribution >= 0.6 is 0 Å². The van der Waals surface area contributed by atoms with E-state index < -0.39 is 35.7 Å². The number of nitrogens with one attached hydrogen (secondary N) is 3. The van der Waals surface area contributed by atoms with Crippen LogP contribution in [0, 0.1) is 11.8 Å². The van der Waals surface area contributed by atoms with Crippen LogP contribution in [-0.4, -0.2) is 25.3 Å². The molecule has 4 heterocycles. The Morgan fingerprint density at radius 1 is 0.549 bits per heavy atom. The van der Waals surface area contributed by atoms with E-state index >= 15 is 0 Å². The van der Waals surface area contributed by atoms with Crippen molar-refractivity contribution in [1.29, 1.82) is 0 Å². The van der Waals surface area contributed by atoms with Crippen LogP contribution in [0.1, 0.15) is 83.4 Å². The fraction of sp³-hybridized carbons (Fsp3) is 0.400. The van der Waals surface area contributed by atoms with E-state index in [9.17, 15) is 26.3 Å². The fourth-order valence-corrected chi connectivity index (χ4v) is 8.55. The highest BCUT2D eigenvalue weighted by Crippen LogP contribution is 2.53. The van der Waals surface area contributed by atoms with E-state index in [-0.39, 0.29) is 36.1 Å². The minimum atomic E-state index is -4.47. The van der Waals surface area contributed by atoms with Crippen molar-refractivity contribution >= 4 is 11.4 Å². The molecule has 4 aliphatic rings. The molecule has 0 unspecified atom stereocenters. The lowest BCUT2D eigenvalue weighted by Gasteiger charge is -2.46. The largest absolute Gasteiger partial charge is 0.416 e. The zero-order valence-corrected chi connectivity index (χ0v) is 27.7. The van der Waals surface area contributed by atoms with Gasteiger partial charge in [-0.25, -0.2) is 0 Å². The highest BCUT2D eigenvalue weighted by molar-refractivity contribution is 5.60. The molecule has 8 rings (SSSR count). The third-order valence-corrected chi connectivity index (χ3v) is 11.0. The first-order chi connectivity index (χ1) is 24.5. The van der Waals surface area contributed by atoms with Gasteiger partial charge in [-0.3, -0.25) is 0 Å². The van der Waals surface area contributed by atoms with E-state index in [1.807, 2.05) is 60.7 Å². The maximum absolute atomic E-state index is 13.8. The Labute approximate surface area is 292 Å². The second kappa shape index (κ2) is 13.5. The Morgan fingerprint density at radius 3 is 1.35 bits per heavy atom. The van der Waals surface area contributed by atoms with Gasteiger partial charge in [-0.05, 0) is 73.2 Å². The zero-order chi connectivity index (χ0) is 35.3. The molecule has 0 bridgehead atoms. The second-order valence-corrected chi connectivity index (χ2v) is 14.2. The minimum Gasteiger partial charge on any atom is -0.378 e. The van der Waals surface area contributed by atoms with Gasteiger partial charge >= 0.3 is 12.4 Å². The summed E-state index contributed by atoms with van der Waals surface area (Å²) in [4.78, 5) is 0. The molecule has 8 atom stereocenters. The van der Waals surface area contributed by atoms with E-state index in [2.05, 4.69) is 16.0 Å². The van der Waals surface area contributed by atoms with Crippen molar-refractivity contribution in [2.75, 3.05) is 23.7 Å². The van der Waals surface area contributed by atoms with Crippen LogP contribution in [0.25, 0.3) is 0 Å². The van der Waals surface area contributed by atoms with Crippen molar-refractivity contribution in [2.24, 2.45) is 11.8 Å². The molecule has 5 nitrogen and oxygen atoms in total. The normalized spacial score (nSPS) is 28.7. The lowest BCUT2D eigenvalue weighted by atomic mass is 9.76. The molecule has 2 saturated heterocycles. The van der Waals surface area contributed by atoms with E-state index in [0.29, 0.717) is 35.6 Å². The molecule has 2 fully saturated rings. The van der Waals surface area contributed by atoms with E-state index in [1.54, 1.807) is 0 Å². The van der Waals surface area contributed by atoms with E-state index in [4.69, 9.17) is 9.47 Å². The number of hydrogen-bond donors (Lipinski definition) is 3. The summed E-state index contributed by atoms with van der Waals surface area (Å²) < 4.78 is 95.9. The fourth-order valence-electron chi connectivity index (χ4n) is 8.55. The van der Waals surface area contributed by atoms with Gasteiger partial charge in [0, 0.05) is 47.4 Å². The number of alkyl halides is 6. The summed E-state index contributed by atoms with van der Waals surface area (Å²) >= 11 is 0. The topological polar surface area (TPSA) is 54.5 Å². The van der Waals surface area contributed by atoms with Gasteiger partial charge in [0.15, 0.2) is 0 Å². The molecular weight excluding hydrogens is 668 g/mol. The summed E-state index contributed by atoms with van der Waals surface area (Å²) in [5, 5.41) is 10.5. The van der Waals surface area contributed by atoms with Gasteiger partial charge < -0.3 is 25.4 Å². The van der Waals surface area contributed by atoms with E-state index in [1.165, 1.54) is 24.3 Å². The van der Waals surface area contributed by atoms with E-state index in [0.717, 1.165) is 48.9 Å². The second-order valence-electron chi connectivity index (χ2n) is 14.2. The van der Waals surface area contributed by atoms with Gasteiger partial charge in [-0.15, -0.1) is 0 Å².